The molecule has 1 fully saturated rings. The lowest BCUT2D eigenvalue weighted by atomic mass is 10.0. The van der Waals surface area contributed by atoms with Crippen LogP contribution in [0.4, 0.5) is 13.2 Å². The molecule has 0 saturated carbocycles. The van der Waals surface area contributed by atoms with E-state index < -0.39 is 6.36 Å². The van der Waals surface area contributed by atoms with Crippen LogP contribution < -0.4 is 14.8 Å². The van der Waals surface area contributed by atoms with Crippen LogP contribution in [0.15, 0.2) is 48.5 Å². The van der Waals surface area contributed by atoms with Gasteiger partial charge in [-0.2, -0.15) is 0 Å². The van der Waals surface area contributed by atoms with Crippen LogP contribution >= 0.6 is 0 Å². The summed E-state index contributed by atoms with van der Waals surface area (Å²) in [4.78, 5) is 2.46. The van der Waals surface area contributed by atoms with Crippen LogP contribution in [0.25, 0.3) is 0 Å². The van der Waals surface area contributed by atoms with Crippen molar-refractivity contribution in [1.29, 1.82) is 0 Å². The minimum Gasteiger partial charge on any atom is -0.497 e. The van der Waals surface area contributed by atoms with E-state index in [1.165, 1.54) is 30.5 Å². The molecule has 0 radical (unpaired) electrons. The maximum Gasteiger partial charge on any atom is 0.573 e. The monoisotopic (exact) mass is 394 g/mol. The van der Waals surface area contributed by atoms with Crippen LogP contribution in [0.1, 0.15) is 30.0 Å². The van der Waals surface area contributed by atoms with Crippen LogP contribution in [0.3, 0.4) is 0 Å². The molecule has 2 aromatic carbocycles. The first-order chi connectivity index (χ1) is 13.4. The molecule has 1 unspecified atom stereocenters. The minimum absolute atomic E-state index is 0.206. The van der Waals surface area contributed by atoms with Gasteiger partial charge in [0.25, 0.3) is 0 Å². The molecule has 1 atom stereocenters. The Bertz CT molecular complexity index is 744. The van der Waals surface area contributed by atoms with Gasteiger partial charge in [-0.15, -0.1) is 13.2 Å². The van der Waals surface area contributed by atoms with Crippen molar-refractivity contribution in [3.05, 3.63) is 59.7 Å². The summed E-state index contributed by atoms with van der Waals surface area (Å²) in [6.45, 7) is 3.44. The lowest BCUT2D eigenvalue weighted by molar-refractivity contribution is -0.274. The van der Waals surface area contributed by atoms with Crippen molar-refractivity contribution < 1.29 is 22.6 Å². The van der Waals surface area contributed by atoms with Crippen molar-refractivity contribution >= 4 is 0 Å². The lowest BCUT2D eigenvalue weighted by Crippen LogP contribution is -2.34. The van der Waals surface area contributed by atoms with Gasteiger partial charge in [0.2, 0.25) is 0 Å². The summed E-state index contributed by atoms with van der Waals surface area (Å²) >= 11 is 0. The van der Waals surface area contributed by atoms with Gasteiger partial charge in [0.05, 0.1) is 7.11 Å². The lowest BCUT2D eigenvalue weighted by Gasteiger charge is -2.28. The molecular formula is C21H25F3N2O2. The molecule has 0 aliphatic carbocycles. The SMILES string of the molecule is COc1cccc(C(CNCc2ccc(OC(F)(F)F)cc2)N2CCCC2)c1. The van der Waals surface area contributed by atoms with Gasteiger partial charge in [-0.3, -0.25) is 4.90 Å². The number of halogens is 3. The minimum atomic E-state index is -4.67. The first kappa shape index (κ1) is 20.5. The number of hydrogen-bond acceptors (Lipinski definition) is 4. The van der Waals surface area contributed by atoms with Gasteiger partial charge in [-0.25, -0.2) is 0 Å². The quantitative estimate of drug-likeness (QED) is 0.714. The van der Waals surface area contributed by atoms with Crippen LogP contribution in [0.2, 0.25) is 0 Å². The van der Waals surface area contributed by atoms with E-state index in [1.54, 1.807) is 19.2 Å². The molecule has 0 spiro atoms. The third-order valence-corrected chi connectivity index (χ3v) is 4.88. The van der Waals surface area contributed by atoms with E-state index in [4.69, 9.17) is 4.74 Å². The highest BCUT2D eigenvalue weighted by atomic mass is 19.4. The van der Waals surface area contributed by atoms with Crippen LogP contribution in [0, 0.1) is 0 Å². The summed E-state index contributed by atoms with van der Waals surface area (Å²) < 4.78 is 46.0. The van der Waals surface area contributed by atoms with Gasteiger partial charge < -0.3 is 14.8 Å². The fraction of sp³-hybridized carbons (Fsp3) is 0.429. The molecule has 1 aliphatic heterocycles. The van der Waals surface area contributed by atoms with Crippen molar-refractivity contribution in [2.24, 2.45) is 0 Å². The normalized spacial score (nSPS) is 16.1. The molecule has 0 aromatic heterocycles. The number of alkyl halides is 3. The Hall–Kier alpha value is -2.25. The Labute approximate surface area is 163 Å². The highest BCUT2D eigenvalue weighted by molar-refractivity contribution is 5.31. The number of hydrogen-bond donors (Lipinski definition) is 1. The molecule has 3 rings (SSSR count). The van der Waals surface area contributed by atoms with Crippen molar-refractivity contribution in [1.82, 2.24) is 10.2 Å². The predicted molar refractivity (Wildman–Crippen MR) is 101 cm³/mol. The average Bonchev–Trinajstić information content (AvgIpc) is 3.20. The second kappa shape index (κ2) is 9.30. The van der Waals surface area contributed by atoms with Gasteiger partial charge in [-0.1, -0.05) is 24.3 Å². The molecule has 0 amide bonds. The molecule has 2 aromatic rings. The Kier molecular flexibility index (Phi) is 6.80. The number of benzene rings is 2. The molecule has 28 heavy (non-hydrogen) atoms. The Morgan fingerprint density at radius 3 is 2.39 bits per heavy atom. The van der Waals surface area contributed by atoms with Gasteiger partial charge in [0.15, 0.2) is 0 Å². The average molecular weight is 394 g/mol. The third-order valence-electron chi connectivity index (χ3n) is 4.88. The van der Waals surface area contributed by atoms with Gasteiger partial charge in [-0.05, 0) is 61.3 Å². The van der Waals surface area contributed by atoms with Crippen LogP contribution in [0.5, 0.6) is 11.5 Å². The van der Waals surface area contributed by atoms with Crippen LogP contribution in [-0.2, 0) is 6.54 Å². The molecule has 1 saturated heterocycles. The first-order valence-electron chi connectivity index (χ1n) is 9.38. The Morgan fingerprint density at radius 1 is 1.04 bits per heavy atom. The fourth-order valence-corrected chi connectivity index (χ4v) is 3.52. The molecule has 1 N–H and O–H groups in total. The Morgan fingerprint density at radius 2 is 1.75 bits per heavy atom. The van der Waals surface area contributed by atoms with Gasteiger partial charge >= 0.3 is 6.36 Å². The second-order valence-corrected chi connectivity index (χ2v) is 6.86. The first-order valence-corrected chi connectivity index (χ1v) is 9.38. The summed E-state index contributed by atoms with van der Waals surface area (Å²) in [7, 11) is 1.66. The van der Waals surface area contributed by atoms with Crippen molar-refractivity contribution in [3.63, 3.8) is 0 Å². The standard InChI is InChI=1S/C21H25F3N2O2/c1-27-19-6-4-5-17(13-19)20(26-11-2-3-12-26)15-25-14-16-7-9-18(10-8-16)28-21(22,23)24/h4-10,13,20,25H,2-3,11-12,14-15H2,1H3. The largest absolute Gasteiger partial charge is 0.573 e. The molecule has 4 nitrogen and oxygen atoms in total. The molecular weight excluding hydrogens is 369 g/mol. The smallest absolute Gasteiger partial charge is 0.497 e. The zero-order chi connectivity index (χ0) is 20.0. The van der Waals surface area contributed by atoms with E-state index in [1.807, 2.05) is 12.1 Å². The number of nitrogens with one attached hydrogen (secondary N) is 1. The molecule has 7 heteroatoms. The maximum atomic E-state index is 12.2. The van der Waals surface area contributed by atoms with Gasteiger partial charge in [0, 0.05) is 19.1 Å². The summed E-state index contributed by atoms with van der Waals surface area (Å²) in [5.74, 6) is 0.629. The third kappa shape index (κ3) is 5.87. The number of likely N-dealkylation sites (tertiary alicyclic amines) is 1. The van der Waals surface area contributed by atoms with E-state index in [-0.39, 0.29) is 11.8 Å². The maximum absolute atomic E-state index is 12.2. The van der Waals surface area contributed by atoms with E-state index in [0.29, 0.717) is 6.54 Å². The predicted octanol–water partition coefficient (Wildman–Crippen LogP) is 4.52. The van der Waals surface area contributed by atoms with Crippen molar-refractivity contribution in [3.8, 4) is 11.5 Å². The summed E-state index contributed by atoms with van der Waals surface area (Å²) in [5.41, 5.74) is 2.10. The van der Waals surface area contributed by atoms with E-state index in [0.717, 1.165) is 30.9 Å². The second-order valence-electron chi connectivity index (χ2n) is 6.86. The fourth-order valence-electron chi connectivity index (χ4n) is 3.52. The number of ether oxygens (including phenoxy) is 2. The van der Waals surface area contributed by atoms with Gasteiger partial charge in [0.1, 0.15) is 11.5 Å². The van der Waals surface area contributed by atoms with E-state index >= 15 is 0 Å². The number of nitrogens with zero attached hydrogens (tertiary/aromatic N) is 1. The van der Waals surface area contributed by atoms with Crippen molar-refractivity contribution in [2.45, 2.75) is 31.8 Å². The number of rotatable bonds is 8. The number of methoxy groups -OCH3 is 1. The van der Waals surface area contributed by atoms with Crippen LogP contribution in [-0.4, -0.2) is 38.0 Å². The molecule has 152 valence electrons. The molecule has 1 heterocycles. The Balaban J connectivity index is 1.60. The highest BCUT2D eigenvalue weighted by Crippen LogP contribution is 2.27. The topological polar surface area (TPSA) is 33.7 Å². The zero-order valence-electron chi connectivity index (χ0n) is 15.8. The summed E-state index contributed by atoms with van der Waals surface area (Å²) in [5, 5.41) is 3.44. The zero-order valence-corrected chi connectivity index (χ0v) is 15.8. The summed E-state index contributed by atoms with van der Waals surface area (Å²) in [6.07, 6.45) is -2.28. The summed E-state index contributed by atoms with van der Waals surface area (Å²) in [6, 6.07) is 14.3. The molecule has 0 bridgehead atoms. The van der Waals surface area contributed by atoms with E-state index in [2.05, 4.69) is 27.1 Å². The van der Waals surface area contributed by atoms with Crippen molar-refractivity contribution in [2.75, 3.05) is 26.7 Å². The highest BCUT2D eigenvalue weighted by Gasteiger charge is 2.31. The van der Waals surface area contributed by atoms with E-state index in [9.17, 15) is 13.2 Å². The molecule has 1 aliphatic rings.